The van der Waals surface area contributed by atoms with Gasteiger partial charge in [-0.2, -0.15) is 0 Å². The second kappa shape index (κ2) is 3.70. The third-order valence-corrected chi connectivity index (χ3v) is 2.83. The third-order valence-electron chi connectivity index (χ3n) is 2.21. The summed E-state index contributed by atoms with van der Waals surface area (Å²) in [5.74, 6) is 0.694. The lowest BCUT2D eigenvalue weighted by Gasteiger charge is -2.05. The molecule has 0 atom stereocenters. The fourth-order valence-electron chi connectivity index (χ4n) is 1.42. The third kappa shape index (κ3) is 1.65. The second-order valence-corrected chi connectivity index (χ2v) is 4.06. The summed E-state index contributed by atoms with van der Waals surface area (Å²) in [6, 6.07) is 5.38. The van der Waals surface area contributed by atoms with Crippen molar-refractivity contribution in [3.63, 3.8) is 0 Å². The van der Waals surface area contributed by atoms with Crippen LogP contribution in [0.4, 0.5) is 0 Å². The van der Waals surface area contributed by atoms with Crippen LogP contribution in [0.2, 0.25) is 0 Å². The molecule has 0 aliphatic carbocycles. The summed E-state index contributed by atoms with van der Waals surface area (Å²) >= 11 is 3.33. The van der Waals surface area contributed by atoms with E-state index in [-0.39, 0.29) is 5.63 Å². The van der Waals surface area contributed by atoms with E-state index >= 15 is 0 Å². The van der Waals surface area contributed by atoms with Gasteiger partial charge in [0.2, 0.25) is 0 Å². The van der Waals surface area contributed by atoms with E-state index in [2.05, 4.69) is 15.9 Å². The highest BCUT2D eigenvalue weighted by Crippen LogP contribution is 2.30. The lowest BCUT2D eigenvalue weighted by molar-refractivity contribution is 0.418. The Hall–Kier alpha value is -1.29. The normalized spacial score (nSPS) is 10.6. The topological polar surface area (TPSA) is 39.4 Å². The number of methoxy groups -OCH3 is 1. The molecule has 0 unspecified atom stereocenters. The van der Waals surface area contributed by atoms with Gasteiger partial charge in [-0.3, -0.25) is 0 Å². The van der Waals surface area contributed by atoms with E-state index in [9.17, 15) is 4.79 Å². The van der Waals surface area contributed by atoms with E-state index in [1.54, 1.807) is 26.2 Å². The van der Waals surface area contributed by atoms with Crippen molar-refractivity contribution >= 4 is 26.9 Å². The summed E-state index contributed by atoms with van der Waals surface area (Å²) in [6.45, 7) is 1.71. The van der Waals surface area contributed by atoms with Gasteiger partial charge in [-0.15, -0.1) is 0 Å². The van der Waals surface area contributed by atoms with Gasteiger partial charge in [0.1, 0.15) is 5.75 Å². The molecule has 0 radical (unpaired) electrons. The minimum atomic E-state index is -0.323. The molecular formula is C11H9BrO3. The van der Waals surface area contributed by atoms with Gasteiger partial charge < -0.3 is 9.15 Å². The van der Waals surface area contributed by atoms with Gasteiger partial charge in [-0.05, 0) is 41.1 Å². The van der Waals surface area contributed by atoms with Crippen LogP contribution in [0.1, 0.15) is 5.56 Å². The highest BCUT2D eigenvalue weighted by molar-refractivity contribution is 9.10. The molecule has 0 saturated carbocycles. The zero-order valence-electron chi connectivity index (χ0n) is 8.33. The molecule has 1 aromatic heterocycles. The second-order valence-electron chi connectivity index (χ2n) is 3.21. The Morgan fingerprint density at radius 1 is 1.40 bits per heavy atom. The number of rotatable bonds is 1. The smallest absolute Gasteiger partial charge is 0.339 e. The van der Waals surface area contributed by atoms with Crippen molar-refractivity contribution in [3.05, 3.63) is 38.7 Å². The number of hydrogen-bond acceptors (Lipinski definition) is 3. The lowest BCUT2D eigenvalue weighted by Crippen LogP contribution is -2.02. The van der Waals surface area contributed by atoms with Crippen LogP contribution < -0.4 is 10.4 Å². The van der Waals surface area contributed by atoms with Crippen LogP contribution in [-0.2, 0) is 0 Å². The molecule has 1 heterocycles. The van der Waals surface area contributed by atoms with E-state index in [1.807, 2.05) is 6.07 Å². The van der Waals surface area contributed by atoms with Gasteiger partial charge in [0, 0.05) is 5.56 Å². The quantitative estimate of drug-likeness (QED) is 0.747. The molecule has 0 spiro atoms. The molecule has 0 bridgehead atoms. The van der Waals surface area contributed by atoms with Crippen LogP contribution in [0.3, 0.4) is 0 Å². The average molecular weight is 269 g/mol. The van der Waals surface area contributed by atoms with Gasteiger partial charge in [0.15, 0.2) is 5.58 Å². The lowest BCUT2D eigenvalue weighted by atomic mass is 10.2. The van der Waals surface area contributed by atoms with Crippen molar-refractivity contribution in [1.82, 2.24) is 0 Å². The summed E-state index contributed by atoms with van der Waals surface area (Å²) in [7, 11) is 1.59. The maximum Gasteiger partial charge on any atom is 0.339 e. The molecule has 0 aliphatic heterocycles. The molecule has 2 rings (SSSR count). The minimum absolute atomic E-state index is 0.323. The zero-order chi connectivity index (χ0) is 11.0. The minimum Gasteiger partial charge on any atom is -0.496 e. The van der Waals surface area contributed by atoms with Crippen LogP contribution in [-0.4, -0.2) is 7.11 Å². The van der Waals surface area contributed by atoms with Crippen LogP contribution >= 0.6 is 15.9 Å². The molecular weight excluding hydrogens is 260 g/mol. The Bertz CT molecular complexity index is 572. The Balaban J connectivity index is 2.94. The van der Waals surface area contributed by atoms with E-state index in [4.69, 9.17) is 9.15 Å². The highest BCUT2D eigenvalue weighted by atomic mass is 79.9. The van der Waals surface area contributed by atoms with Gasteiger partial charge >= 0.3 is 5.63 Å². The zero-order valence-corrected chi connectivity index (χ0v) is 9.92. The largest absolute Gasteiger partial charge is 0.496 e. The first-order valence-corrected chi connectivity index (χ1v) is 5.19. The molecule has 3 nitrogen and oxygen atoms in total. The monoisotopic (exact) mass is 268 g/mol. The molecule has 0 amide bonds. The van der Waals surface area contributed by atoms with Crippen molar-refractivity contribution < 1.29 is 9.15 Å². The van der Waals surface area contributed by atoms with Crippen molar-refractivity contribution in [2.75, 3.05) is 7.11 Å². The SMILES string of the molecule is COc1ccc(Br)c2oc(=O)c(C)cc12. The fourth-order valence-corrected chi connectivity index (χ4v) is 1.85. The average Bonchev–Trinajstić information content (AvgIpc) is 2.22. The standard InChI is InChI=1S/C11H9BrO3/c1-6-5-7-9(14-2)4-3-8(12)10(7)15-11(6)13/h3-5H,1-2H3. The Morgan fingerprint density at radius 3 is 2.80 bits per heavy atom. The summed E-state index contributed by atoms with van der Waals surface area (Å²) < 4.78 is 11.1. The molecule has 78 valence electrons. The van der Waals surface area contributed by atoms with Gasteiger partial charge in [0.05, 0.1) is 17.0 Å². The molecule has 0 saturated heterocycles. The Morgan fingerprint density at radius 2 is 2.13 bits per heavy atom. The molecule has 0 aliphatic rings. The first-order chi connectivity index (χ1) is 7.13. The van der Waals surface area contributed by atoms with Crippen molar-refractivity contribution in [2.45, 2.75) is 6.92 Å². The van der Waals surface area contributed by atoms with Crippen molar-refractivity contribution in [1.29, 1.82) is 0 Å². The molecule has 15 heavy (non-hydrogen) atoms. The summed E-state index contributed by atoms with van der Waals surface area (Å²) in [5.41, 5.74) is 0.764. The van der Waals surface area contributed by atoms with Crippen LogP contribution in [0, 0.1) is 6.92 Å². The van der Waals surface area contributed by atoms with E-state index in [0.29, 0.717) is 16.9 Å². The van der Waals surface area contributed by atoms with Crippen molar-refractivity contribution in [2.24, 2.45) is 0 Å². The van der Waals surface area contributed by atoms with E-state index in [1.165, 1.54) is 0 Å². The van der Waals surface area contributed by atoms with E-state index < -0.39 is 0 Å². The maximum atomic E-state index is 11.4. The van der Waals surface area contributed by atoms with Crippen LogP contribution in [0.25, 0.3) is 11.0 Å². The summed E-state index contributed by atoms with van der Waals surface area (Å²) in [6.07, 6.45) is 0. The molecule has 1 aromatic carbocycles. The van der Waals surface area contributed by atoms with Gasteiger partial charge in [-0.1, -0.05) is 0 Å². The number of ether oxygens (including phenoxy) is 1. The van der Waals surface area contributed by atoms with Crippen LogP contribution in [0.5, 0.6) is 5.75 Å². The Labute approximate surface area is 94.8 Å². The molecule has 0 fully saturated rings. The number of aryl methyl sites for hydroxylation is 1. The van der Waals surface area contributed by atoms with Crippen molar-refractivity contribution in [3.8, 4) is 5.75 Å². The number of fused-ring (bicyclic) bond motifs is 1. The fraction of sp³-hybridized carbons (Fsp3) is 0.182. The van der Waals surface area contributed by atoms with Gasteiger partial charge in [0.25, 0.3) is 0 Å². The summed E-state index contributed by atoms with van der Waals surface area (Å²) in [4.78, 5) is 11.4. The number of hydrogen-bond donors (Lipinski definition) is 0. The highest BCUT2D eigenvalue weighted by Gasteiger charge is 2.09. The Kier molecular flexibility index (Phi) is 2.52. The summed E-state index contributed by atoms with van der Waals surface area (Å²) in [5, 5.41) is 0.795. The first-order valence-electron chi connectivity index (χ1n) is 4.40. The maximum absolute atomic E-state index is 11.4. The molecule has 0 N–H and O–H groups in total. The first kappa shape index (κ1) is 10.2. The predicted octanol–water partition coefficient (Wildman–Crippen LogP) is 2.87. The predicted molar refractivity (Wildman–Crippen MR) is 61.5 cm³/mol. The number of benzene rings is 1. The van der Waals surface area contributed by atoms with E-state index in [0.717, 1.165) is 9.86 Å². The number of halogens is 1. The van der Waals surface area contributed by atoms with Crippen LogP contribution in [0.15, 0.2) is 31.9 Å². The molecule has 2 aromatic rings. The molecule has 4 heteroatoms. The van der Waals surface area contributed by atoms with Gasteiger partial charge in [-0.25, -0.2) is 4.79 Å².